The van der Waals surface area contributed by atoms with Crippen LogP contribution in [0.2, 0.25) is 0 Å². The Hall–Kier alpha value is -3.41. The van der Waals surface area contributed by atoms with Gasteiger partial charge in [0.2, 0.25) is 0 Å². The molecule has 0 aliphatic rings. The number of benzene rings is 3. The maximum Gasteiger partial charge on any atom is 0.264 e. The van der Waals surface area contributed by atoms with Crippen LogP contribution in [0, 0.1) is 6.92 Å². The molecule has 160 valence electrons. The average Bonchev–Trinajstić information content (AvgIpc) is 3.39. The summed E-state index contributed by atoms with van der Waals surface area (Å²) in [6, 6.07) is 17.1. The Labute approximate surface area is 191 Å². The summed E-state index contributed by atoms with van der Waals surface area (Å²) in [4.78, 5) is 16.9. The van der Waals surface area contributed by atoms with Crippen molar-refractivity contribution in [2.45, 2.75) is 11.8 Å². The Morgan fingerprint density at radius 1 is 0.969 bits per heavy atom. The van der Waals surface area contributed by atoms with Crippen LogP contribution < -0.4 is 10.0 Å². The lowest BCUT2D eigenvalue weighted by atomic mass is 10.1. The Balaban J connectivity index is 1.40. The number of aromatic nitrogens is 3. The van der Waals surface area contributed by atoms with Crippen molar-refractivity contribution < 1.29 is 13.2 Å². The largest absolute Gasteiger partial charge is 0.298 e. The van der Waals surface area contributed by atoms with Crippen LogP contribution in [-0.2, 0) is 10.0 Å². The zero-order chi connectivity index (χ0) is 22.3. The number of hydrogen-bond donors (Lipinski definition) is 2. The van der Waals surface area contributed by atoms with Gasteiger partial charge in [0, 0.05) is 5.56 Å². The maximum absolute atomic E-state index is 12.9. The number of carbonyl (C=O) groups excluding carboxylic acids is 1. The third kappa shape index (κ3) is 3.93. The van der Waals surface area contributed by atoms with E-state index in [1.807, 2.05) is 19.1 Å². The molecule has 5 aromatic rings. The second-order valence-corrected chi connectivity index (χ2v) is 10.2. The molecule has 0 aliphatic carbocycles. The van der Waals surface area contributed by atoms with Gasteiger partial charge in [-0.2, -0.15) is 8.75 Å². The number of rotatable bonds is 5. The summed E-state index contributed by atoms with van der Waals surface area (Å²) >= 11 is 2.27. The van der Waals surface area contributed by atoms with Crippen molar-refractivity contribution in [1.29, 1.82) is 0 Å². The monoisotopic (exact) mass is 481 g/mol. The first-order valence-electron chi connectivity index (χ1n) is 9.42. The Morgan fingerprint density at radius 2 is 1.78 bits per heavy atom. The number of aryl methyl sites for hydroxylation is 1. The van der Waals surface area contributed by atoms with Crippen molar-refractivity contribution in [1.82, 2.24) is 13.7 Å². The van der Waals surface area contributed by atoms with Crippen LogP contribution in [0.1, 0.15) is 15.9 Å². The SMILES string of the molecule is Cc1ccc(C(=O)Nc2nc3cc(NS(=O)(=O)c4cccc5nsnc45)ccc3s2)cc1. The molecule has 0 saturated heterocycles. The van der Waals surface area contributed by atoms with Crippen LogP contribution >= 0.6 is 23.1 Å². The number of fused-ring (bicyclic) bond motifs is 2. The van der Waals surface area contributed by atoms with Crippen molar-refractivity contribution in [2.24, 2.45) is 0 Å². The molecule has 5 rings (SSSR count). The van der Waals surface area contributed by atoms with E-state index in [0.717, 1.165) is 22.0 Å². The summed E-state index contributed by atoms with van der Waals surface area (Å²) in [6.07, 6.45) is 0. The smallest absolute Gasteiger partial charge is 0.264 e. The van der Waals surface area contributed by atoms with E-state index in [4.69, 9.17) is 0 Å². The predicted molar refractivity (Wildman–Crippen MR) is 127 cm³/mol. The van der Waals surface area contributed by atoms with E-state index in [1.165, 1.54) is 17.4 Å². The second kappa shape index (κ2) is 7.93. The van der Waals surface area contributed by atoms with Crippen LogP contribution in [0.25, 0.3) is 21.3 Å². The molecule has 0 atom stereocenters. The van der Waals surface area contributed by atoms with Gasteiger partial charge in [0.1, 0.15) is 15.9 Å². The fourth-order valence-electron chi connectivity index (χ4n) is 3.13. The second-order valence-electron chi connectivity index (χ2n) is 7.02. The first kappa shape index (κ1) is 20.5. The summed E-state index contributed by atoms with van der Waals surface area (Å²) in [7, 11) is -3.87. The van der Waals surface area contributed by atoms with Gasteiger partial charge in [-0.1, -0.05) is 35.1 Å². The van der Waals surface area contributed by atoms with Crippen LogP contribution in [0.5, 0.6) is 0 Å². The molecule has 0 aliphatic heterocycles. The highest BCUT2D eigenvalue weighted by molar-refractivity contribution is 7.93. The molecule has 1 amide bonds. The number of anilines is 2. The maximum atomic E-state index is 12.9. The third-order valence-corrected chi connectivity index (χ3v) is 7.62. The lowest BCUT2D eigenvalue weighted by Crippen LogP contribution is -2.13. The summed E-state index contributed by atoms with van der Waals surface area (Å²) < 4.78 is 37.4. The average molecular weight is 482 g/mol. The van der Waals surface area contributed by atoms with E-state index in [0.29, 0.717) is 32.9 Å². The first-order valence-corrected chi connectivity index (χ1v) is 12.4. The molecule has 0 bridgehead atoms. The van der Waals surface area contributed by atoms with Gasteiger partial charge in [-0.15, -0.1) is 0 Å². The molecule has 2 aromatic heterocycles. The molecular formula is C21H15N5O3S3. The lowest BCUT2D eigenvalue weighted by Gasteiger charge is -2.08. The molecular weight excluding hydrogens is 466 g/mol. The number of thiazole rings is 1. The van der Waals surface area contributed by atoms with Gasteiger partial charge in [-0.05, 0) is 49.4 Å². The highest BCUT2D eigenvalue weighted by atomic mass is 32.2. The van der Waals surface area contributed by atoms with E-state index in [1.54, 1.807) is 42.5 Å². The Bertz CT molecular complexity index is 1570. The van der Waals surface area contributed by atoms with E-state index in [9.17, 15) is 13.2 Å². The fraction of sp³-hybridized carbons (Fsp3) is 0.0476. The minimum atomic E-state index is -3.87. The van der Waals surface area contributed by atoms with Gasteiger partial charge < -0.3 is 0 Å². The van der Waals surface area contributed by atoms with Gasteiger partial charge >= 0.3 is 0 Å². The predicted octanol–water partition coefficient (Wildman–Crippen LogP) is 4.66. The van der Waals surface area contributed by atoms with Crippen LogP contribution in [0.4, 0.5) is 10.8 Å². The minimum Gasteiger partial charge on any atom is -0.298 e. The molecule has 8 nitrogen and oxygen atoms in total. The molecule has 0 radical (unpaired) electrons. The van der Waals surface area contributed by atoms with Gasteiger partial charge in [-0.25, -0.2) is 13.4 Å². The van der Waals surface area contributed by atoms with Crippen molar-refractivity contribution in [3.8, 4) is 0 Å². The standard InChI is InChI=1S/C21H15N5O3S3/c1-12-5-7-13(8-6-12)20(27)23-21-22-16-11-14(9-10-17(16)30-21)26-32(28,29)18-4-2-3-15-19(18)25-31-24-15/h2-11,26H,1H3,(H,22,23,27). The van der Waals surface area contributed by atoms with Crippen molar-refractivity contribution in [3.05, 3.63) is 71.8 Å². The molecule has 0 unspecified atom stereocenters. The topological polar surface area (TPSA) is 114 Å². The fourth-order valence-corrected chi connectivity index (χ4v) is 5.79. The highest BCUT2D eigenvalue weighted by Crippen LogP contribution is 2.30. The molecule has 0 fully saturated rings. The number of nitrogens with zero attached hydrogens (tertiary/aromatic N) is 3. The summed E-state index contributed by atoms with van der Waals surface area (Å²) in [6.45, 7) is 1.95. The molecule has 0 spiro atoms. The summed E-state index contributed by atoms with van der Waals surface area (Å²) in [5, 5.41) is 3.23. The first-order chi connectivity index (χ1) is 15.4. The number of amides is 1. The number of hydrogen-bond acceptors (Lipinski definition) is 8. The Morgan fingerprint density at radius 3 is 2.59 bits per heavy atom. The minimum absolute atomic E-state index is 0.0631. The van der Waals surface area contributed by atoms with Crippen LogP contribution in [0.3, 0.4) is 0 Å². The normalized spacial score (nSPS) is 11.7. The number of nitrogens with one attached hydrogen (secondary N) is 2. The molecule has 3 aromatic carbocycles. The summed E-state index contributed by atoms with van der Waals surface area (Å²) in [5.74, 6) is -0.255. The Kier molecular flexibility index (Phi) is 5.08. The quantitative estimate of drug-likeness (QED) is 0.377. The van der Waals surface area contributed by atoms with E-state index in [-0.39, 0.29) is 10.8 Å². The highest BCUT2D eigenvalue weighted by Gasteiger charge is 2.20. The molecule has 32 heavy (non-hydrogen) atoms. The van der Waals surface area contributed by atoms with Gasteiger partial charge in [0.15, 0.2) is 5.13 Å². The summed E-state index contributed by atoms with van der Waals surface area (Å²) in [5.41, 5.74) is 3.40. The van der Waals surface area contributed by atoms with E-state index < -0.39 is 10.0 Å². The van der Waals surface area contributed by atoms with Gasteiger partial charge in [0.05, 0.1) is 27.6 Å². The molecule has 0 saturated carbocycles. The zero-order valence-corrected chi connectivity index (χ0v) is 19.0. The van der Waals surface area contributed by atoms with Crippen molar-refractivity contribution >= 4 is 71.1 Å². The van der Waals surface area contributed by atoms with E-state index >= 15 is 0 Å². The van der Waals surface area contributed by atoms with Gasteiger partial charge in [0.25, 0.3) is 15.9 Å². The molecule has 2 N–H and O–H groups in total. The molecule has 11 heteroatoms. The number of carbonyl (C=O) groups is 1. The number of sulfonamides is 1. The zero-order valence-electron chi connectivity index (χ0n) is 16.6. The van der Waals surface area contributed by atoms with Crippen molar-refractivity contribution in [2.75, 3.05) is 10.0 Å². The molecule has 2 heterocycles. The van der Waals surface area contributed by atoms with Crippen LogP contribution in [0.15, 0.2) is 65.6 Å². The van der Waals surface area contributed by atoms with Gasteiger partial charge in [-0.3, -0.25) is 14.8 Å². The van der Waals surface area contributed by atoms with Crippen LogP contribution in [-0.4, -0.2) is 28.1 Å². The van der Waals surface area contributed by atoms with Crippen molar-refractivity contribution in [3.63, 3.8) is 0 Å². The van der Waals surface area contributed by atoms with E-state index in [2.05, 4.69) is 23.8 Å². The lowest BCUT2D eigenvalue weighted by molar-refractivity contribution is 0.102. The third-order valence-electron chi connectivity index (χ3n) is 4.71.